The number of piperazine rings is 1. The second kappa shape index (κ2) is 14.5. The summed E-state index contributed by atoms with van der Waals surface area (Å²) in [5, 5.41) is 3.93. The highest BCUT2D eigenvalue weighted by molar-refractivity contribution is 6.30. The summed E-state index contributed by atoms with van der Waals surface area (Å²) >= 11 is 6.12. The normalized spacial score (nSPS) is 17.6. The number of amides is 3. The third-order valence-electron chi connectivity index (χ3n) is 10.2. The van der Waals surface area contributed by atoms with E-state index in [0.717, 1.165) is 48.2 Å². The van der Waals surface area contributed by atoms with Gasteiger partial charge in [0.2, 0.25) is 11.8 Å². The maximum absolute atomic E-state index is 14.1. The fourth-order valence-electron chi connectivity index (χ4n) is 7.50. The van der Waals surface area contributed by atoms with Gasteiger partial charge in [0.05, 0.1) is 5.39 Å². The molecule has 0 spiro atoms. The lowest BCUT2D eigenvalue weighted by Crippen LogP contribution is -2.55. The Labute approximate surface area is 290 Å². The minimum Gasteiger partial charge on any atom is -0.451 e. The molecule has 2 aliphatic heterocycles. The highest BCUT2D eigenvalue weighted by Gasteiger charge is 2.31. The number of nitrogens with zero attached hydrogens (tertiary/aromatic N) is 3. The van der Waals surface area contributed by atoms with E-state index in [1.807, 2.05) is 41.3 Å². The van der Waals surface area contributed by atoms with Crippen molar-refractivity contribution >= 4 is 46.0 Å². The van der Waals surface area contributed by atoms with Gasteiger partial charge in [-0.1, -0.05) is 60.8 Å². The number of hydrogen-bond acceptors (Lipinski definition) is 6. The molecule has 9 nitrogen and oxygen atoms in total. The first kappa shape index (κ1) is 32.9. The van der Waals surface area contributed by atoms with Crippen molar-refractivity contribution in [2.75, 3.05) is 37.6 Å². The molecule has 3 fully saturated rings. The number of rotatable bonds is 9. The van der Waals surface area contributed by atoms with Crippen LogP contribution in [0, 0.1) is 0 Å². The van der Waals surface area contributed by atoms with Gasteiger partial charge in [-0.3, -0.25) is 19.2 Å². The molecule has 1 saturated carbocycles. The van der Waals surface area contributed by atoms with Crippen molar-refractivity contribution < 1.29 is 18.8 Å². The van der Waals surface area contributed by atoms with E-state index in [1.54, 1.807) is 23.1 Å². The minimum absolute atomic E-state index is 0.127. The van der Waals surface area contributed by atoms with Crippen molar-refractivity contribution in [1.82, 2.24) is 15.1 Å². The van der Waals surface area contributed by atoms with E-state index < -0.39 is 11.9 Å². The van der Waals surface area contributed by atoms with Gasteiger partial charge in [0.25, 0.3) is 5.91 Å². The zero-order chi connectivity index (χ0) is 33.9. The first-order valence-corrected chi connectivity index (χ1v) is 17.7. The molecular weight excluding hydrogens is 640 g/mol. The van der Waals surface area contributed by atoms with Crippen molar-refractivity contribution in [2.24, 2.45) is 0 Å². The summed E-state index contributed by atoms with van der Waals surface area (Å²) in [6.45, 7) is 3.52. The van der Waals surface area contributed by atoms with Crippen LogP contribution in [0.3, 0.4) is 0 Å². The molecule has 49 heavy (non-hydrogen) atoms. The average Bonchev–Trinajstić information content (AvgIpc) is 3.81. The van der Waals surface area contributed by atoms with Crippen molar-refractivity contribution in [3.8, 4) is 0 Å². The summed E-state index contributed by atoms with van der Waals surface area (Å²) in [7, 11) is 0. The number of carbonyl (C=O) groups excluding carboxylic acids is 3. The van der Waals surface area contributed by atoms with Crippen molar-refractivity contribution in [3.05, 3.63) is 110 Å². The van der Waals surface area contributed by atoms with Crippen LogP contribution >= 0.6 is 11.6 Å². The number of nitrogens with one attached hydrogen (secondary N) is 1. The van der Waals surface area contributed by atoms with Gasteiger partial charge in [-0.2, -0.15) is 0 Å². The van der Waals surface area contributed by atoms with Crippen LogP contribution < -0.4 is 15.6 Å². The number of likely N-dealkylation sites (tertiary alicyclic amines) is 1. The molecule has 7 rings (SSSR count). The van der Waals surface area contributed by atoms with Crippen LogP contribution in [0.2, 0.25) is 5.02 Å². The van der Waals surface area contributed by atoms with Crippen LogP contribution in [0.5, 0.6) is 0 Å². The lowest BCUT2D eigenvalue weighted by Gasteiger charge is -2.38. The Kier molecular flexibility index (Phi) is 9.71. The Bertz CT molecular complexity index is 1910. The molecule has 0 bridgehead atoms. The van der Waals surface area contributed by atoms with E-state index in [9.17, 15) is 19.2 Å². The van der Waals surface area contributed by atoms with Crippen LogP contribution in [0.1, 0.15) is 71.7 Å². The minimum atomic E-state index is -0.889. The quantitative estimate of drug-likeness (QED) is 0.236. The Balaban J connectivity index is 1.07. The topological polar surface area (TPSA) is 103 Å². The highest BCUT2D eigenvalue weighted by Crippen LogP contribution is 2.35. The zero-order valence-electron chi connectivity index (χ0n) is 27.5. The number of carbonyl (C=O) groups is 3. The summed E-state index contributed by atoms with van der Waals surface area (Å²) < 4.78 is 5.96. The van der Waals surface area contributed by atoms with Crippen LogP contribution in [0.25, 0.3) is 11.0 Å². The fourth-order valence-corrected chi connectivity index (χ4v) is 7.63. The summed E-state index contributed by atoms with van der Waals surface area (Å²) in [5.74, 6) is -0.310. The predicted molar refractivity (Wildman–Crippen MR) is 190 cm³/mol. The van der Waals surface area contributed by atoms with Gasteiger partial charge in [-0.15, -0.1) is 0 Å². The van der Waals surface area contributed by atoms with Crippen LogP contribution in [-0.4, -0.2) is 66.3 Å². The first-order valence-electron chi connectivity index (χ1n) is 17.3. The van der Waals surface area contributed by atoms with E-state index in [0.29, 0.717) is 61.1 Å². The summed E-state index contributed by atoms with van der Waals surface area (Å²) in [4.78, 5) is 59.2. The molecule has 3 heterocycles. The van der Waals surface area contributed by atoms with E-state index >= 15 is 0 Å². The largest absolute Gasteiger partial charge is 0.451 e. The molecule has 0 unspecified atom stereocenters. The number of anilines is 1. The molecule has 2 saturated heterocycles. The molecule has 3 amide bonds. The SMILES string of the molecule is O=C(N[C@@H](Cc1ccc(Cl)cc1)C(=O)N1CCN(c2ccccc2CN2CCCC2=O)CC1)c1cc(=O)c2cc(C3CCCC3)ccc2o1. The maximum Gasteiger partial charge on any atom is 0.287 e. The molecule has 4 aromatic rings. The Morgan fingerprint density at radius 2 is 1.63 bits per heavy atom. The summed E-state index contributed by atoms with van der Waals surface area (Å²) in [6, 6.07) is 21.3. The molecule has 3 aromatic carbocycles. The van der Waals surface area contributed by atoms with Crippen LogP contribution in [0.4, 0.5) is 5.69 Å². The second-order valence-corrected chi connectivity index (χ2v) is 13.9. The van der Waals surface area contributed by atoms with Gasteiger partial charge >= 0.3 is 0 Å². The molecule has 0 radical (unpaired) electrons. The Morgan fingerprint density at radius 3 is 2.37 bits per heavy atom. The fraction of sp³-hybridized carbons (Fsp3) is 0.385. The Morgan fingerprint density at radius 1 is 0.878 bits per heavy atom. The standard InChI is InChI=1S/C39H41ClN4O5/c40-30-14-11-26(12-15-30)22-32(41-38(47)36-24-34(45)31-23-28(13-16-35(31)49-36)27-6-1-2-7-27)39(48)43-20-18-42(19-21-43)33-9-4-3-8-29(33)25-44-17-5-10-37(44)46/h3-4,8-9,11-16,23-24,27,32H,1-2,5-7,10,17-22,25H2,(H,41,47)/t32-/m0/s1. The smallest absolute Gasteiger partial charge is 0.287 e. The molecular formula is C39H41ClN4O5. The molecule has 254 valence electrons. The molecule has 1 atom stereocenters. The van der Waals surface area contributed by atoms with Gasteiger partial charge in [0.1, 0.15) is 11.6 Å². The van der Waals surface area contributed by atoms with E-state index in [-0.39, 0.29) is 29.4 Å². The number of para-hydroxylation sites is 1. The van der Waals surface area contributed by atoms with Crippen molar-refractivity contribution in [2.45, 2.75) is 63.5 Å². The van der Waals surface area contributed by atoms with Gasteiger partial charge < -0.3 is 24.4 Å². The van der Waals surface area contributed by atoms with Crippen molar-refractivity contribution in [3.63, 3.8) is 0 Å². The van der Waals surface area contributed by atoms with Crippen LogP contribution in [0.15, 0.2) is 82.0 Å². The highest BCUT2D eigenvalue weighted by atomic mass is 35.5. The number of halogens is 1. The molecule has 3 aliphatic rings. The lowest BCUT2D eigenvalue weighted by molar-refractivity contribution is -0.133. The zero-order valence-corrected chi connectivity index (χ0v) is 28.3. The average molecular weight is 681 g/mol. The number of fused-ring (bicyclic) bond motifs is 1. The summed E-state index contributed by atoms with van der Waals surface area (Å²) in [6.07, 6.45) is 6.36. The first-order chi connectivity index (χ1) is 23.8. The predicted octanol–water partition coefficient (Wildman–Crippen LogP) is 5.92. The van der Waals surface area contributed by atoms with E-state index in [4.69, 9.17) is 16.0 Å². The monoisotopic (exact) mass is 680 g/mol. The third-order valence-corrected chi connectivity index (χ3v) is 10.5. The van der Waals surface area contributed by atoms with E-state index in [2.05, 4.69) is 22.3 Å². The molecule has 1 aliphatic carbocycles. The Hall–Kier alpha value is -4.63. The number of hydrogen-bond donors (Lipinski definition) is 1. The second-order valence-electron chi connectivity index (χ2n) is 13.4. The molecule has 1 N–H and O–H groups in total. The van der Waals surface area contributed by atoms with E-state index in [1.165, 1.54) is 18.9 Å². The van der Waals surface area contributed by atoms with Gasteiger partial charge in [0, 0.05) is 68.9 Å². The molecule has 10 heteroatoms. The lowest BCUT2D eigenvalue weighted by atomic mass is 9.96. The van der Waals surface area contributed by atoms with Gasteiger partial charge in [-0.25, -0.2) is 0 Å². The summed E-state index contributed by atoms with van der Waals surface area (Å²) in [5.41, 5.74) is 4.21. The van der Waals surface area contributed by atoms with Crippen LogP contribution in [-0.2, 0) is 22.6 Å². The number of benzene rings is 3. The maximum atomic E-state index is 14.1. The third kappa shape index (κ3) is 7.37. The molecule has 1 aromatic heterocycles. The van der Waals surface area contributed by atoms with Gasteiger partial charge in [0.15, 0.2) is 11.2 Å². The van der Waals surface area contributed by atoms with Gasteiger partial charge in [-0.05, 0) is 72.2 Å². The van der Waals surface area contributed by atoms with Crippen molar-refractivity contribution in [1.29, 1.82) is 0 Å².